The molecule has 2 aromatic rings. The lowest BCUT2D eigenvalue weighted by atomic mass is 10.1. The van der Waals surface area contributed by atoms with Gasteiger partial charge in [0.05, 0.1) is 16.4 Å². The first kappa shape index (κ1) is 18.4. The number of carbonyl (C=O) groups is 3. The number of fused-ring (bicyclic) bond motifs is 1. The van der Waals surface area contributed by atoms with E-state index in [1.54, 1.807) is 30.3 Å². The number of hydrogen-bond donors (Lipinski definition) is 2. The van der Waals surface area contributed by atoms with Crippen molar-refractivity contribution < 1.29 is 19.1 Å². The summed E-state index contributed by atoms with van der Waals surface area (Å²) in [6.07, 6.45) is 0.114. The smallest absolute Gasteiger partial charge is 0.262 e. The highest BCUT2D eigenvalue weighted by molar-refractivity contribution is 9.10. The Hall–Kier alpha value is -2.38. The third kappa shape index (κ3) is 4.42. The molecular weight excluding hydrogens is 424 g/mol. The number of ketones is 1. The maximum atomic E-state index is 12.1. The average Bonchev–Trinajstić information content (AvgIpc) is 2.61. The zero-order chi connectivity index (χ0) is 18.7. The van der Waals surface area contributed by atoms with Crippen LogP contribution in [-0.2, 0) is 9.59 Å². The lowest BCUT2D eigenvalue weighted by Crippen LogP contribution is -2.25. The molecule has 0 bridgehead atoms. The predicted molar refractivity (Wildman–Crippen MR) is 102 cm³/mol. The molecule has 0 unspecified atom stereocenters. The van der Waals surface area contributed by atoms with Crippen molar-refractivity contribution in [3.05, 3.63) is 51.5 Å². The van der Waals surface area contributed by atoms with E-state index in [-0.39, 0.29) is 42.1 Å². The normalized spacial score (nSPS) is 12.6. The lowest BCUT2D eigenvalue weighted by Gasteiger charge is -2.19. The Labute approximate surface area is 163 Å². The molecule has 0 saturated heterocycles. The van der Waals surface area contributed by atoms with Gasteiger partial charge in [-0.3, -0.25) is 14.4 Å². The van der Waals surface area contributed by atoms with Gasteiger partial charge in [0.15, 0.2) is 12.4 Å². The topological polar surface area (TPSA) is 84.5 Å². The zero-order valence-corrected chi connectivity index (χ0v) is 15.8. The van der Waals surface area contributed by atoms with Gasteiger partial charge in [-0.2, -0.15) is 0 Å². The van der Waals surface area contributed by atoms with E-state index < -0.39 is 0 Å². The second-order valence-corrected chi connectivity index (χ2v) is 6.97. The number of amides is 2. The number of rotatable bonds is 5. The SMILES string of the molecule is O=C(CCC(=O)c1ccc(Br)cc1)Nc1cc2c(cc1Cl)NC(=O)CO2. The molecule has 2 N–H and O–H groups in total. The molecule has 0 radical (unpaired) electrons. The van der Waals surface area contributed by atoms with E-state index in [1.807, 2.05) is 0 Å². The van der Waals surface area contributed by atoms with Gasteiger partial charge in [-0.05, 0) is 18.2 Å². The summed E-state index contributed by atoms with van der Waals surface area (Å²) in [6.45, 7) is -0.0935. The molecule has 0 atom stereocenters. The van der Waals surface area contributed by atoms with Crippen LogP contribution in [0.5, 0.6) is 5.75 Å². The van der Waals surface area contributed by atoms with Crippen LogP contribution in [0.25, 0.3) is 0 Å². The van der Waals surface area contributed by atoms with Crippen molar-refractivity contribution in [3.8, 4) is 5.75 Å². The maximum absolute atomic E-state index is 12.1. The van der Waals surface area contributed by atoms with Crippen LogP contribution in [0.15, 0.2) is 40.9 Å². The van der Waals surface area contributed by atoms with Gasteiger partial charge < -0.3 is 15.4 Å². The molecule has 0 aliphatic carbocycles. The highest BCUT2D eigenvalue weighted by atomic mass is 79.9. The van der Waals surface area contributed by atoms with Crippen LogP contribution in [0, 0.1) is 0 Å². The summed E-state index contributed by atoms with van der Waals surface area (Å²) in [5.74, 6) is -0.292. The molecule has 0 fully saturated rings. The quantitative estimate of drug-likeness (QED) is 0.692. The van der Waals surface area contributed by atoms with Crippen molar-refractivity contribution in [1.82, 2.24) is 0 Å². The fourth-order valence-electron chi connectivity index (χ4n) is 2.42. The van der Waals surface area contributed by atoms with Gasteiger partial charge in [-0.25, -0.2) is 0 Å². The highest BCUT2D eigenvalue weighted by Crippen LogP contribution is 2.36. The Morgan fingerprint density at radius 3 is 2.65 bits per heavy atom. The molecule has 26 heavy (non-hydrogen) atoms. The minimum atomic E-state index is -0.336. The summed E-state index contributed by atoms with van der Waals surface area (Å²) in [5.41, 5.74) is 1.37. The molecule has 134 valence electrons. The van der Waals surface area contributed by atoms with Crippen LogP contribution in [0.2, 0.25) is 5.02 Å². The Morgan fingerprint density at radius 2 is 1.92 bits per heavy atom. The average molecular weight is 438 g/mol. The van der Waals surface area contributed by atoms with E-state index in [1.165, 1.54) is 6.07 Å². The van der Waals surface area contributed by atoms with E-state index in [0.717, 1.165) is 4.47 Å². The van der Waals surface area contributed by atoms with E-state index in [9.17, 15) is 14.4 Å². The summed E-state index contributed by atoms with van der Waals surface area (Å²) in [5, 5.41) is 5.56. The fourth-order valence-corrected chi connectivity index (χ4v) is 2.89. The second kappa shape index (κ2) is 7.88. The van der Waals surface area contributed by atoms with Crippen LogP contribution >= 0.6 is 27.5 Å². The summed E-state index contributed by atoms with van der Waals surface area (Å²) in [4.78, 5) is 35.6. The van der Waals surface area contributed by atoms with Crippen molar-refractivity contribution in [2.45, 2.75) is 12.8 Å². The first-order valence-corrected chi connectivity index (χ1v) is 8.94. The van der Waals surface area contributed by atoms with Crippen molar-refractivity contribution in [3.63, 3.8) is 0 Å². The number of ether oxygens (including phenoxy) is 1. The van der Waals surface area contributed by atoms with E-state index in [2.05, 4.69) is 26.6 Å². The molecular formula is C18H14BrClN2O4. The number of anilines is 2. The zero-order valence-electron chi connectivity index (χ0n) is 13.5. The summed E-state index contributed by atoms with van der Waals surface area (Å²) < 4.78 is 6.18. The largest absolute Gasteiger partial charge is 0.482 e. The van der Waals surface area contributed by atoms with Crippen LogP contribution in [0.4, 0.5) is 11.4 Å². The molecule has 0 aromatic heterocycles. The van der Waals surface area contributed by atoms with E-state index in [4.69, 9.17) is 16.3 Å². The molecule has 1 heterocycles. The molecule has 3 rings (SSSR count). The van der Waals surface area contributed by atoms with Crippen molar-refractivity contribution >= 4 is 56.5 Å². The van der Waals surface area contributed by atoms with Gasteiger partial charge in [0.2, 0.25) is 5.91 Å². The lowest BCUT2D eigenvalue weighted by molar-refractivity contribution is -0.118. The van der Waals surface area contributed by atoms with Crippen LogP contribution in [-0.4, -0.2) is 24.2 Å². The first-order chi connectivity index (χ1) is 12.4. The fraction of sp³-hybridized carbons (Fsp3) is 0.167. The van der Waals surface area contributed by atoms with E-state index in [0.29, 0.717) is 22.7 Å². The minimum absolute atomic E-state index is 0.0277. The highest BCUT2D eigenvalue weighted by Gasteiger charge is 2.19. The maximum Gasteiger partial charge on any atom is 0.262 e. The Bertz CT molecular complexity index is 884. The molecule has 2 amide bonds. The molecule has 1 aliphatic heterocycles. The van der Waals surface area contributed by atoms with Crippen molar-refractivity contribution in [1.29, 1.82) is 0 Å². The molecule has 2 aromatic carbocycles. The molecule has 1 aliphatic rings. The molecule has 0 saturated carbocycles. The van der Waals surface area contributed by atoms with Gasteiger partial charge in [-0.15, -0.1) is 0 Å². The van der Waals surface area contributed by atoms with Crippen LogP contribution < -0.4 is 15.4 Å². The van der Waals surface area contributed by atoms with Crippen LogP contribution in [0.3, 0.4) is 0 Å². The number of hydrogen-bond acceptors (Lipinski definition) is 4. The Morgan fingerprint density at radius 1 is 1.19 bits per heavy atom. The number of benzene rings is 2. The van der Waals surface area contributed by atoms with Gasteiger partial charge in [0, 0.05) is 28.9 Å². The Balaban J connectivity index is 1.60. The number of nitrogens with one attached hydrogen (secondary N) is 2. The van der Waals surface area contributed by atoms with Crippen molar-refractivity contribution in [2.24, 2.45) is 0 Å². The summed E-state index contributed by atoms with van der Waals surface area (Å²) in [7, 11) is 0. The standard InChI is InChI=1S/C18H14BrClN2O4/c19-11-3-1-10(2-4-11)15(23)5-6-17(24)21-13-8-16-14(7-12(13)20)22-18(25)9-26-16/h1-4,7-8H,5-6,9H2,(H,21,24)(H,22,25). The molecule has 0 spiro atoms. The van der Waals surface area contributed by atoms with Gasteiger partial charge in [0.1, 0.15) is 5.75 Å². The monoisotopic (exact) mass is 436 g/mol. The third-order valence-electron chi connectivity index (χ3n) is 3.72. The van der Waals surface area contributed by atoms with Gasteiger partial charge in [-0.1, -0.05) is 39.7 Å². The van der Waals surface area contributed by atoms with Gasteiger partial charge >= 0.3 is 0 Å². The van der Waals surface area contributed by atoms with E-state index >= 15 is 0 Å². The molecule has 6 nitrogen and oxygen atoms in total. The number of Topliss-reactive ketones (excluding diaryl/α,β-unsaturated/α-hetero) is 1. The number of carbonyl (C=O) groups excluding carboxylic acids is 3. The second-order valence-electron chi connectivity index (χ2n) is 5.64. The summed E-state index contributed by atoms with van der Waals surface area (Å²) >= 11 is 9.44. The van der Waals surface area contributed by atoms with Gasteiger partial charge in [0.25, 0.3) is 5.91 Å². The predicted octanol–water partition coefficient (Wildman–Crippen LogP) is 4.04. The number of halogens is 2. The first-order valence-electron chi connectivity index (χ1n) is 7.77. The summed E-state index contributed by atoms with van der Waals surface area (Å²) in [6, 6.07) is 10.0. The third-order valence-corrected chi connectivity index (χ3v) is 4.56. The van der Waals surface area contributed by atoms with Crippen LogP contribution in [0.1, 0.15) is 23.2 Å². The Kier molecular flexibility index (Phi) is 5.58. The minimum Gasteiger partial charge on any atom is -0.482 e. The molecule has 8 heteroatoms. The van der Waals surface area contributed by atoms with Crippen molar-refractivity contribution in [2.75, 3.05) is 17.2 Å².